The maximum atomic E-state index is 5.37. The number of rotatable bonds is 3. The average molecular weight is 201 g/mol. The molecule has 2 heterocycles. The molecule has 1 N–H and O–H groups in total. The van der Waals surface area contributed by atoms with E-state index in [1.807, 2.05) is 0 Å². The number of hydrogen-bond acceptors (Lipinski definition) is 5. The zero-order chi connectivity index (χ0) is 8.93. The first-order valence-corrected chi connectivity index (χ1v) is 5.11. The van der Waals surface area contributed by atoms with Gasteiger partial charge in [0.15, 0.2) is 0 Å². The molecule has 0 bridgehead atoms. The van der Waals surface area contributed by atoms with Crippen molar-refractivity contribution in [2.75, 3.05) is 19.2 Å². The van der Waals surface area contributed by atoms with Crippen LogP contribution >= 0.6 is 11.8 Å². The van der Waals surface area contributed by atoms with E-state index in [2.05, 4.69) is 15.4 Å². The summed E-state index contributed by atoms with van der Waals surface area (Å²) in [6.45, 7) is 1.22. The summed E-state index contributed by atoms with van der Waals surface area (Å²) in [6.07, 6.45) is 2.96. The van der Waals surface area contributed by atoms with Crippen LogP contribution in [0.3, 0.4) is 0 Å². The smallest absolute Gasteiger partial charge is 0.147 e. The van der Waals surface area contributed by atoms with Crippen molar-refractivity contribution in [1.29, 1.82) is 0 Å². The minimum Gasteiger partial charge on any atom is -0.355 e. The lowest BCUT2D eigenvalue weighted by molar-refractivity contribution is -0.130. The van der Waals surface area contributed by atoms with Crippen molar-refractivity contribution >= 4 is 11.8 Å². The Hall–Kier alpha value is -0.590. The topological polar surface area (TPSA) is 60.0 Å². The Kier molecular flexibility index (Phi) is 3.17. The van der Waals surface area contributed by atoms with E-state index in [0.717, 1.165) is 23.8 Å². The van der Waals surface area contributed by atoms with E-state index < -0.39 is 0 Å². The van der Waals surface area contributed by atoms with Gasteiger partial charge < -0.3 is 9.47 Å². The lowest BCUT2D eigenvalue weighted by atomic mass is 10.3. The first kappa shape index (κ1) is 8.98. The summed E-state index contributed by atoms with van der Waals surface area (Å²) in [5.74, 6) is 0.913. The number of hydrogen-bond donors (Lipinski definition) is 1. The van der Waals surface area contributed by atoms with Crippen LogP contribution in [0.15, 0.2) is 11.2 Å². The maximum absolute atomic E-state index is 5.37. The largest absolute Gasteiger partial charge is 0.355 e. The Morgan fingerprint density at radius 3 is 3.38 bits per heavy atom. The van der Waals surface area contributed by atoms with Gasteiger partial charge in [0.05, 0.1) is 18.9 Å². The van der Waals surface area contributed by atoms with Crippen LogP contribution in [0.1, 0.15) is 6.42 Å². The fourth-order valence-corrected chi connectivity index (χ4v) is 1.92. The third kappa shape index (κ3) is 2.68. The minimum atomic E-state index is 0.287. The molecule has 0 aromatic carbocycles. The van der Waals surface area contributed by atoms with Gasteiger partial charge in [0.1, 0.15) is 11.8 Å². The first-order chi connectivity index (χ1) is 6.45. The highest BCUT2D eigenvalue weighted by atomic mass is 32.2. The van der Waals surface area contributed by atoms with Crippen LogP contribution in [0.25, 0.3) is 0 Å². The Bertz CT molecular complexity index is 236. The third-order valence-electron chi connectivity index (χ3n) is 1.78. The van der Waals surface area contributed by atoms with E-state index in [0.29, 0.717) is 6.79 Å². The summed E-state index contributed by atoms with van der Waals surface area (Å²) in [5, 5.41) is 11.1. The zero-order valence-electron chi connectivity index (χ0n) is 7.10. The van der Waals surface area contributed by atoms with Gasteiger partial charge in [-0.3, -0.25) is 0 Å². The molecule has 1 aliphatic rings. The highest BCUT2D eigenvalue weighted by molar-refractivity contribution is 7.99. The van der Waals surface area contributed by atoms with Gasteiger partial charge in [-0.15, -0.1) is 16.9 Å². The summed E-state index contributed by atoms with van der Waals surface area (Å²) >= 11 is 1.65. The van der Waals surface area contributed by atoms with Crippen molar-refractivity contribution in [2.45, 2.75) is 17.6 Å². The van der Waals surface area contributed by atoms with Gasteiger partial charge in [-0.25, -0.2) is 0 Å². The van der Waals surface area contributed by atoms with Gasteiger partial charge in [-0.1, -0.05) is 0 Å². The molecule has 0 saturated carbocycles. The van der Waals surface area contributed by atoms with Crippen LogP contribution in [-0.2, 0) is 9.47 Å². The number of H-pyrrole nitrogens is 1. The van der Waals surface area contributed by atoms with Crippen molar-refractivity contribution < 1.29 is 9.47 Å². The van der Waals surface area contributed by atoms with E-state index in [-0.39, 0.29) is 6.10 Å². The van der Waals surface area contributed by atoms with Crippen molar-refractivity contribution in [3.8, 4) is 0 Å². The van der Waals surface area contributed by atoms with Crippen LogP contribution in [0.4, 0.5) is 0 Å². The average Bonchev–Trinajstić information content (AvgIpc) is 2.69. The molecule has 1 aromatic heterocycles. The van der Waals surface area contributed by atoms with Crippen molar-refractivity contribution in [3.05, 3.63) is 6.20 Å². The van der Waals surface area contributed by atoms with Gasteiger partial charge in [0.2, 0.25) is 0 Å². The predicted molar refractivity (Wildman–Crippen MR) is 47.4 cm³/mol. The van der Waals surface area contributed by atoms with Crippen LogP contribution in [0.2, 0.25) is 0 Å². The summed E-state index contributed by atoms with van der Waals surface area (Å²) < 4.78 is 10.4. The highest BCUT2D eigenvalue weighted by Gasteiger charge is 2.14. The molecular weight excluding hydrogens is 190 g/mol. The quantitative estimate of drug-likeness (QED) is 0.728. The number of ether oxygens (including phenoxy) is 2. The molecule has 5 nitrogen and oxygen atoms in total. The fraction of sp³-hybridized carbons (Fsp3) is 0.714. The van der Waals surface area contributed by atoms with Crippen LogP contribution in [-0.4, -0.2) is 40.7 Å². The summed E-state index contributed by atoms with van der Waals surface area (Å²) in [6, 6.07) is 0. The monoisotopic (exact) mass is 201 g/mol. The van der Waals surface area contributed by atoms with Crippen molar-refractivity contribution in [3.63, 3.8) is 0 Å². The maximum Gasteiger partial charge on any atom is 0.147 e. The molecule has 1 unspecified atom stereocenters. The van der Waals surface area contributed by atoms with Crippen molar-refractivity contribution in [2.24, 2.45) is 0 Å². The number of aromatic nitrogens is 3. The van der Waals surface area contributed by atoms with Crippen molar-refractivity contribution in [1.82, 2.24) is 15.4 Å². The second-order valence-electron chi connectivity index (χ2n) is 2.72. The molecule has 13 heavy (non-hydrogen) atoms. The molecule has 0 radical (unpaired) electrons. The van der Waals surface area contributed by atoms with Crippen LogP contribution < -0.4 is 0 Å². The van der Waals surface area contributed by atoms with Crippen LogP contribution in [0, 0.1) is 0 Å². The highest BCUT2D eigenvalue weighted by Crippen LogP contribution is 2.18. The lowest BCUT2D eigenvalue weighted by Crippen LogP contribution is -2.25. The van der Waals surface area contributed by atoms with Gasteiger partial charge in [0, 0.05) is 5.75 Å². The molecule has 1 aliphatic heterocycles. The van der Waals surface area contributed by atoms with E-state index in [4.69, 9.17) is 9.47 Å². The van der Waals surface area contributed by atoms with E-state index in [1.165, 1.54) is 0 Å². The van der Waals surface area contributed by atoms with E-state index in [1.54, 1.807) is 18.0 Å². The molecule has 0 spiro atoms. The Labute approximate surface area is 80.2 Å². The first-order valence-electron chi connectivity index (χ1n) is 4.13. The van der Waals surface area contributed by atoms with Gasteiger partial charge >= 0.3 is 0 Å². The predicted octanol–water partition coefficient (Wildman–Crippen LogP) is 0.660. The zero-order valence-corrected chi connectivity index (χ0v) is 7.92. The summed E-state index contributed by atoms with van der Waals surface area (Å²) in [4.78, 5) is 0. The van der Waals surface area contributed by atoms with Gasteiger partial charge in [-0.2, -0.15) is 10.3 Å². The van der Waals surface area contributed by atoms with E-state index >= 15 is 0 Å². The molecule has 0 aliphatic carbocycles. The molecule has 72 valence electrons. The molecule has 0 amide bonds. The molecule has 1 fully saturated rings. The van der Waals surface area contributed by atoms with Crippen LogP contribution in [0.5, 0.6) is 0 Å². The second kappa shape index (κ2) is 4.59. The molecule has 1 saturated heterocycles. The summed E-state index contributed by atoms with van der Waals surface area (Å²) in [5.41, 5.74) is 0. The normalized spacial score (nSPS) is 23.2. The Morgan fingerprint density at radius 2 is 2.69 bits per heavy atom. The SMILES string of the molecule is c1n[nH]nc1SCC1CCOCO1. The third-order valence-corrected chi connectivity index (χ3v) is 2.81. The molecule has 1 aromatic rings. The molecule has 6 heteroatoms. The standard InChI is InChI=1S/C7H11N3O2S/c1-2-11-5-12-6(1)4-13-7-3-8-10-9-7/h3,6H,1-2,4-5H2,(H,8,9,10). The molecule has 1 atom stereocenters. The van der Waals surface area contributed by atoms with Gasteiger partial charge in [0.25, 0.3) is 0 Å². The second-order valence-corrected chi connectivity index (χ2v) is 3.76. The molecule has 2 rings (SSSR count). The van der Waals surface area contributed by atoms with E-state index in [9.17, 15) is 0 Å². The number of aromatic amines is 1. The minimum absolute atomic E-state index is 0.287. The lowest BCUT2D eigenvalue weighted by Gasteiger charge is -2.21. The Balaban J connectivity index is 1.72. The molecular formula is C7H11N3O2S. The fourth-order valence-electron chi connectivity index (χ4n) is 1.07. The number of thioether (sulfide) groups is 1. The van der Waals surface area contributed by atoms with Gasteiger partial charge in [-0.05, 0) is 6.42 Å². The summed E-state index contributed by atoms with van der Waals surface area (Å²) in [7, 11) is 0. The number of nitrogens with zero attached hydrogens (tertiary/aromatic N) is 2. The number of nitrogens with one attached hydrogen (secondary N) is 1. The Morgan fingerprint density at radius 1 is 1.69 bits per heavy atom.